The fourth-order valence-electron chi connectivity index (χ4n) is 3.81. The van der Waals surface area contributed by atoms with Gasteiger partial charge in [-0.3, -0.25) is 9.59 Å². The van der Waals surface area contributed by atoms with Gasteiger partial charge in [-0.1, -0.05) is 44.9 Å². The average Bonchev–Trinajstić information content (AvgIpc) is 2.66. The maximum absolute atomic E-state index is 14.1. The molecule has 0 spiro atoms. The van der Waals surface area contributed by atoms with Gasteiger partial charge < -0.3 is 10.2 Å². The van der Waals surface area contributed by atoms with Crippen molar-refractivity contribution in [2.24, 2.45) is 5.92 Å². The van der Waals surface area contributed by atoms with Crippen LogP contribution in [0.4, 0.5) is 4.39 Å². The molecule has 152 valence electrons. The summed E-state index contributed by atoms with van der Waals surface area (Å²) < 4.78 is 14.1. The van der Waals surface area contributed by atoms with E-state index in [1.807, 2.05) is 0 Å². The van der Waals surface area contributed by atoms with E-state index in [0.29, 0.717) is 22.9 Å². The fourth-order valence-corrected chi connectivity index (χ4v) is 5.27. The van der Waals surface area contributed by atoms with Crippen LogP contribution in [0.5, 0.6) is 0 Å². The lowest BCUT2D eigenvalue weighted by Gasteiger charge is -2.43. The van der Waals surface area contributed by atoms with Gasteiger partial charge in [0.25, 0.3) is 5.91 Å². The van der Waals surface area contributed by atoms with Crippen molar-refractivity contribution >= 4 is 29.7 Å². The van der Waals surface area contributed by atoms with Gasteiger partial charge in [0.2, 0.25) is 5.91 Å². The molecular formula is C22H29FN2O2S. The zero-order valence-electron chi connectivity index (χ0n) is 16.6. The molecule has 1 saturated carbocycles. The Kier molecular flexibility index (Phi) is 7.16. The summed E-state index contributed by atoms with van der Waals surface area (Å²) in [6, 6.07) is 6.55. The highest BCUT2D eigenvalue weighted by Gasteiger charge is 2.41. The largest absolute Gasteiger partial charge is 0.355 e. The van der Waals surface area contributed by atoms with Crippen molar-refractivity contribution in [3.8, 4) is 0 Å². The number of hydrogen-bond acceptors (Lipinski definition) is 3. The van der Waals surface area contributed by atoms with Gasteiger partial charge in [0.05, 0.1) is 4.91 Å². The number of carbonyl (C=O) groups is 2. The molecule has 1 aromatic rings. The Hall–Kier alpha value is -1.82. The van der Waals surface area contributed by atoms with Gasteiger partial charge in [-0.2, -0.15) is 0 Å². The van der Waals surface area contributed by atoms with E-state index in [1.165, 1.54) is 6.07 Å². The van der Waals surface area contributed by atoms with E-state index in [2.05, 4.69) is 19.2 Å². The van der Waals surface area contributed by atoms with Crippen LogP contribution in [-0.2, 0) is 9.59 Å². The molecule has 1 aliphatic carbocycles. The number of rotatable bonds is 6. The molecule has 1 aliphatic heterocycles. The van der Waals surface area contributed by atoms with Crippen LogP contribution < -0.4 is 5.32 Å². The predicted molar refractivity (Wildman–Crippen MR) is 112 cm³/mol. The van der Waals surface area contributed by atoms with Crippen LogP contribution in [0.2, 0.25) is 0 Å². The molecule has 2 aliphatic rings. The number of thioether (sulfide) groups is 1. The Bertz CT molecular complexity index is 750. The summed E-state index contributed by atoms with van der Waals surface area (Å²) in [6.45, 7) is 4.93. The van der Waals surface area contributed by atoms with E-state index >= 15 is 0 Å². The molecule has 1 saturated heterocycles. The second kappa shape index (κ2) is 9.59. The van der Waals surface area contributed by atoms with Crippen LogP contribution >= 0.6 is 11.8 Å². The Labute approximate surface area is 170 Å². The second-order valence-electron chi connectivity index (χ2n) is 8.00. The van der Waals surface area contributed by atoms with Gasteiger partial charge in [-0.05, 0) is 37.3 Å². The molecule has 1 N–H and O–H groups in total. The normalized spacial score (nSPS) is 23.8. The predicted octanol–water partition coefficient (Wildman–Crippen LogP) is 4.22. The zero-order valence-corrected chi connectivity index (χ0v) is 17.4. The zero-order chi connectivity index (χ0) is 20.1. The van der Waals surface area contributed by atoms with Crippen LogP contribution in [0.15, 0.2) is 29.2 Å². The lowest BCUT2D eigenvalue weighted by atomic mass is 9.93. The molecule has 2 fully saturated rings. The van der Waals surface area contributed by atoms with Crippen LogP contribution in [0, 0.1) is 11.7 Å². The Morgan fingerprint density at radius 3 is 2.82 bits per heavy atom. The number of nitrogens with zero attached hydrogens (tertiary/aromatic N) is 1. The van der Waals surface area contributed by atoms with Crippen molar-refractivity contribution in [2.75, 3.05) is 13.1 Å². The van der Waals surface area contributed by atoms with Gasteiger partial charge in [0.1, 0.15) is 12.4 Å². The number of fused-ring (bicyclic) bond motifs is 1. The van der Waals surface area contributed by atoms with Gasteiger partial charge in [-0.25, -0.2) is 4.39 Å². The first-order valence-electron chi connectivity index (χ1n) is 10.2. The Morgan fingerprint density at radius 1 is 1.32 bits per heavy atom. The number of halogens is 1. The van der Waals surface area contributed by atoms with Crippen LogP contribution in [0.25, 0.3) is 6.08 Å². The van der Waals surface area contributed by atoms with Crippen molar-refractivity contribution < 1.29 is 14.0 Å². The highest BCUT2D eigenvalue weighted by molar-refractivity contribution is 8.04. The summed E-state index contributed by atoms with van der Waals surface area (Å²) in [7, 11) is 0. The van der Waals surface area contributed by atoms with Crippen molar-refractivity contribution in [1.29, 1.82) is 0 Å². The molecule has 0 radical (unpaired) electrons. The minimum Gasteiger partial charge on any atom is -0.355 e. The van der Waals surface area contributed by atoms with E-state index in [4.69, 9.17) is 0 Å². The van der Waals surface area contributed by atoms with E-state index < -0.39 is 0 Å². The number of hydrogen-bond donors (Lipinski definition) is 1. The molecule has 28 heavy (non-hydrogen) atoms. The molecule has 0 aromatic heterocycles. The summed E-state index contributed by atoms with van der Waals surface area (Å²) in [5.74, 6) is -0.0932. The summed E-state index contributed by atoms with van der Waals surface area (Å²) in [5.41, 5.74) is 0.411. The van der Waals surface area contributed by atoms with Crippen LogP contribution in [-0.4, -0.2) is 41.1 Å². The average molecular weight is 405 g/mol. The minimum absolute atomic E-state index is 0.0767. The van der Waals surface area contributed by atoms with E-state index in [1.54, 1.807) is 40.9 Å². The molecule has 2 unspecified atom stereocenters. The molecular weight excluding hydrogens is 375 g/mol. The van der Waals surface area contributed by atoms with E-state index in [9.17, 15) is 14.0 Å². The third-order valence-corrected chi connectivity index (χ3v) is 6.77. The molecule has 2 atom stereocenters. The molecule has 3 rings (SSSR count). The Morgan fingerprint density at radius 2 is 2.07 bits per heavy atom. The molecule has 6 heteroatoms. The third-order valence-electron chi connectivity index (χ3n) is 5.37. The first-order valence-corrected chi connectivity index (χ1v) is 11.0. The topological polar surface area (TPSA) is 49.4 Å². The highest BCUT2D eigenvalue weighted by Crippen LogP contribution is 2.42. The van der Waals surface area contributed by atoms with Crippen molar-refractivity contribution in [2.45, 2.75) is 57.2 Å². The van der Waals surface area contributed by atoms with Crippen molar-refractivity contribution in [1.82, 2.24) is 10.2 Å². The number of nitrogens with one attached hydrogen (secondary N) is 1. The summed E-state index contributed by atoms with van der Waals surface area (Å²) in [6.07, 6.45) is 6.70. The highest BCUT2D eigenvalue weighted by atomic mass is 32.2. The maximum Gasteiger partial charge on any atom is 0.261 e. The summed E-state index contributed by atoms with van der Waals surface area (Å²) in [4.78, 5) is 27.8. The van der Waals surface area contributed by atoms with Crippen LogP contribution in [0.1, 0.15) is 51.5 Å². The van der Waals surface area contributed by atoms with Crippen molar-refractivity contribution in [3.05, 3.63) is 40.6 Å². The summed E-state index contributed by atoms with van der Waals surface area (Å²) in [5, 5.41) is 3.20. The molecule has 0 bridgehead atoms. The SMILES string of the molecule is CC(C)CCNC(=O)CN1C(=O)/C(=C/c2ccccc2F)SC2CCCCC21. The smallest absolute Gasteiger partial charge is 0.261 e. The van der Waals surface area contributed by atoms with Crippen molar-refractivity contribution in [3.63, 3.8) is 0 Å². The number of benzene rings is 1. The standard InChI is InChI=1S/C22H29FN2O2S/c1-15(2)11-12-24-21(26)14-25-18-9-5-6-10-19(18)28-20(22(25)27)13-16-7-3-4-8-17(16)23/h3-4,7-8,13,15,18-19H,5-6,9-12,14H2,1-2H3,(H,24,26)/b20-13-. The van der Waals surface area contributed by atoms with Gasteiger partial charge in [0, 0.05) is 23.4 Å². The fraction of sp³-hybridized carbons (Fsp3) is 0.545. The first-order chi connectivity index (χ1) is 13.5. The van der Waals surface area contributed by atoms with Gasteiger partial charge in [-0.15, -0.1) is 11.8 Å². The molecule has 1 heterocycles. The second-order valence-corrected chi connectivity index (χ2v) is 9.28. The number of amides is 2. The minimum atomic E-state index is -0.341. The lowest BCUT2D eigenvalue weighted by Crippen LogP contribution is -2.54. The molecule has 1 aromatic carbocycles. The molecule has 4 nitrogen and oxygen atoms in total. The third kappa shape index (κ3) is 5.16. The van der Waals surface area contributed by atoms with E-state index in [0.717, 1.165) is 32.1 Å². The summed E-state index contributed by atoms with van der Waals surface area (Å²) >= 11 is 1.55. The van der Waals surface area contributed by atoms with Crippen LogP contribution in [0.3, 0.4) is 0 Å². The Balaban J connectivity index is 1.77. The van der Waals surface area contributed by atoms with E-state index in [-0.39, 0.29) is 35.5 Å². The maximum atomic E-state index is 14.1. The number of carbonyl (C=O) groups excluding carboxylic acids is 2. The first kappa shape index (κ1) is 20.9. The monoisotopic (exact) mass is 404 g/mol. The molecule has 2 amide bonds. The lowest BCUT2D eigenvalue weighted by molar-refractivity contribution is -0.135. The van der Waals surface area contributed by atoms with Gasteiger partial charge >= 0.3 is 0 Å². The van der Waals surface area contributed by atoms with Gasteiger partial charge in [0.15, 0.2) is 0 Å². The quantitative estimate of drug-likeness (QED) is 0.723.